The van der Waals surface area contributed by atoms with Crippen LogP contribution in [0.4, 0.5) is 5.82 Å². The summed E-state index contributed by atoms with van der Waals surface area (Å²) in [6.45, 7) is 0.855. The lowest BCUT2D eigenvalue weighted by atomic mass is 10.1. The molecule has 0 bridgehead atoms. The first kappa shape index (κ1) is 10.5. The monoisotopic (exact) mass is 229 g/mol. The van der Waals surface area contributed by atoms with Crippen molar-refractivity contribution in [3.8, 4) is 0 Å². The second-order valence-electron chi connectivity index (χ2n) is 4.38. The van der Waals surface area contributed by atoms with Gasteiger partial charge in [-0.15, -0.1) is 0 Å². The molecule has 2 aromatic rings. The molecule has 3 rings (SSSR count). The topological polar surface area (TPSA) is 61.0 Å². The summed E-state index contributed by atoms with van der Waals surface area (Å²) in [4.78, 5) is 8.88. The molecule has 0 aliphatic carbocycles. The van der Waals surface area contributed by atoms with Crippen LogP contribution in [-0.4, -0.2) is 22.7 Å². The SMILES string of the molecule is Nc1nc(CC2CCCO2)nc2ccccc12. The maximum Gasteiger partial charge on any atom is 0.135 e. The Bertz CT molecular complexity index is 535. The molecule has 0 saturated carbocycles. The summed E-state index contributed by atoms with van der Waals surface area (Å²) in [6, 6.07) is 7.82. The third kappa shape index (κ3) is 2.08. The summed E-state index contributed by atoms with van der Waals surface area (Å²) >= 11 is 0. The Hall–Kier alpha value is -1.68. The molecule has 4 nitrogen and oxygen atoms in total. The second-order valence-corrected chi connectivity index (χ2v) is 4.38. The zero-order valence-electron chi connectivity index (χ0n) is 9.60. The Kier molecular flexibility index (Phi) is 2.65. The van der Waals surface area contributed by atoms with E-state index < -0.39 is 0 Å². The van der Waals surface area contributed by atoms with Crippen molar-refractivity contribution < 1.29 is 4.74 Å². The Morgan fingerprint density at radius 3 is 3.00 bits per heavy atom. The van der Waals surface area contributed by atoms with Gasteiger partial charge < -0.3 is 10.5 Å². The van der Waals surface area contributed by atoms with E-state index in [-0.39, 0.29) is 6.10 Å². The van der Waals surface area contributed by atoms with E-state index in [0.717, 1.165) is 42.6 Å². The molecule has 17 heavy (non-hydrogen) atoms. The van der Waals surface area contributed by atoms with E-state index in [1.165, 1.54) is 0 Å². The lowest BCUT2D eigenvalue weighted by molar-refractivity contribution is 0.110. The number of ether oxygens (including phenoxy) is 1. The van der Waals surface area contributed by atoms with Gasteiger partial charge in [-0.3, -0.25) is 0 Å². The van der Waals surface area contributed by atoms with Gasteiger partial charge in [0.05, 0.1) is 11.6 Å². The average molecular weight is 229 g/mol. The van der Waals surface area contributed by atoms with Crippen molar-refractivity contribution in [1.82, 2.24) is 9.97 Å². The molecule has 1 atom stereocenters. The number of aromatic nitrogens is 2. The molecule has 1 aromatic carbocycles. The third-order valence-corrected chi connectivity index (χ3v) is 3.11. The first-order valence-electron chi connectivity index (χ1n) is 5.95. The summed E-state index contributed by atoms with van der Waals surface area (Å²) in [5.41, 5.74) is 6.85. The van der Waals surface area contributed by atoms with Crippen molar-refractivity contribution in [3.05, 3.63) is 30.1 Å². The molecule has 0 radical (unpaired) electrons. The Morgan fingerprint density at radius 2 is 2.18 bits per heavy atom. The quantitative estimate of drug-likeness (QED) is 0.854. The first-order valence-corrected chi connectivity index (χ1v) is 5.95. The predicted octanol–water partition coefficient (Wildman–Crippen LogP) is 1.93. The lowest BCUT2D eigenvalue weighted by Gasteiger charge is -2.09. The van der Waals surface area contributed by atoms with E-state index >= 15 is 0 Å². The van der Waals surface area contributed by atoms with Crippen LogP contribution in [0.1, 0.15) is 18.7 Å². The van der Waals surface area contributed by atoms with Gasteiger partial charge in [0.2, 0.25) is 0 Å². The number of nitrogens with zero attached hydrogens (tertiary/aromatic N) is 2. The van der Waals surface area contributed by atoms with Crippen molar-refractivity contribution in [3.63, 3.8) is 0 Å². The van der Waals surface area contributed by atoms with E-state index in [2.05, 4.69) is 9.97 Å². The van der Waals surface area contributed by atoms with Gasteiger partial charge in [-0.25, -0.2) is 9.97 Å². The molecule has 1 aliphatic heterocycles. The number of hydrogen-bond donors (Lipinski definition) is 1. The third-order valence-electron chi connectivity index (χ3n) is 3.11. The molecule has 1 aliphatic rings. The van der Waals surface area contributed by atoms with E-state index in [1.807, 2.05) is 24.3 Å². The van der Waals surface area contributed by atoms with Crippen molar-refractivity contribution in [2.45, 2.75) is 25.4 Å². The number of nitrogens with two attached hydrogens (primary N) is 1. The molecule has 0 spiro atoms. The van der Waals surface area contributed by atoms with Gasteiger partial charge in [0, 0.05) is 18.4 Å². The van der Waals surface area contributed by atoms with Crippen LogP contribution >= 0.6 is 0 Å². The van der Waals surface area contributed by atoms with Crippen molar-refractivity contribution in [2.75, 3.05) is 12.3 Å². The largest absolute Gasteiger partial charge is 0.383 e. The van der Waals surface area contributed by atoms with Crippen LogP contribution < -0.4 is 5.73 Å². The van der Waals surface area contributed by atoms with Gasteiger partial charge in [-0.05, 0) is 25.0 Å². The molecule has 2 N–H and O–H groups in total. The van der Waals surface area contributed by atoms with Gasteiger partial charge >= 0.3 is 0 Å². The summed E-state index contributed by atoms with van der Waals surface area (Å²) < 4.78 is 5.59. The minimum Gasteiger partial charge on any atom is -0.383 e. The number of para-hydroxylation sites is 1. The van der Waals surface area contributed by atoms with E-state index in [1.54, 1.807) is 0 Å². The zero-order valence-corrected chi connectivity index (χ0v) is 9.60. The van der Waals surface area contributed by atoms with Crippen molar-refractivity contribution in [2.24, 2.45) is 0 Å². The van der Waals surface area contributed by atoms with Crippen molar-refractivity contribution in [1.29, 1.82) is 0 Å². The molecule has 1 fully saturated rings. The summed E-state index contributed by atoms with van der Waals surface area (Å²) in [5, 5.41) is 0.920. The number of anilines is 1. The number of hydrogen-bond acceptors (Lipinski definition) is 4. The highest BCUT2D eigenvalue weighted by Gasteiger charge is 2.18. The normalized spacial score (nSPS) is 19.9. The zero-order chi connectivity index (χ0) is 11.7. The highest BCUT2D eigenvalue weighted by Crippen LogP contribution is 2.20. The van der Waals surface area contributed by atoms with Crippen LogP contribution in [0, 0.1) is 0 Å². The fraction of sp³-hybridized carbons (Fsp3) is 0.385. The first-order chi connectivity index (χ1) is 8.33. The summed E-state index contributed by atoms with van der Waals surface area (Å²) in [7, 11) is 0. The van der Waals surface area contributed by atoms with Gasteiger partial charge in [-0.1, -0.05) is 12.1 Å². The van der Waals surface area contributed by atoms with Crippen LogP contribution in [0.2, 0.25) is 0 Å². The Labute approximate surface area is 99.8 Å². The standard InChI is InChI=1S/C13H15N3O/c14-13-10-5-1-2-6-11(10)15-12(16-13)8-9-4-3-7-17-9/h1-2,5-6,9H,3-4,7-8H2,(H2,14,15,16). The number of benzene rings is 1. The predicted molar refractivity (Wildman–Crippen MR) is 66.6 cm³/mol. The van der Waals surface area contributed by atoms with Crippen LogP contribution in [0.25, 0.3) is 10.9 Å². The molecular formula is C13H15N3O. The number of nitrogen functional groups attached to an aromatic ring is 1. The van der Waals surface area contributed by atoms with Gasteiger partial charge in [-0.2, -0.15) is 0 Å². The minimum atomic E-state index is 0.260. The highest BCUT2D eigenvalue weighted by molar-refractivity contribution is 5.87. The number of fused-ring (bicyclic) bond motifs is 1. The molecule has 88 valence electrons. The maximum absolute atomic E-state index is 5.94. The Morgan fingerprint density at radius 1 is 1.29 bits per heavy atom. The van der Waals surface area contributed by atoms with Crippen LogP contribution in [-0.2, 0) is 11.2 Å². The fourth-order valence-electron chi connectivity index (χ4n) is 2.25. The molecule has 1 saturated heterocycles. The average Bonchev–Trinajstić information content (AvgIpc) is 2.82. The smallest absolute Gasteiger partial charge is 0.135 e. The van der Waals surface area contributed by atoms with Gasteiger partial charge in [0.15, 0.2) is 0 Å². The maximum atomic E-state index is 5.94. The highest BCUT2D eigenvalue weighted by atomic mass is 16.5. The van der Waals surface area contributed by atoms with E-state index in [9.17, 15) is 0 Å². The van der Waals surface area contributed by atoms with Gasteiger partial charge in [0.1, 0.15) is 11.6 Å². The molecule has 0 amide bonds. The van der Waals surface area contributed by atoms with E-state index in [4.69, 9.17) is 10.5 Å². The molecule has 1 aromatic heterocycles. The van der Waals surface area contributed by atoms with Crippen LogP contribution in [0.5, 0.6) is 0 Å². The Balaban J connectivity index is 1.94. The van der Waals surface area contributed by atoms with E-state index in [0.29, 0.717) is 5.82 Å². The molecule has 4 heteroatoms. The molecular weight excluding hydrogens is 214 g/mol. The molecule has 1 unspecified atom stereocenters. The lowest BCUT2D eigenvalue weighted by Crippen LogP contribution is -2.12. The molecule has 2 heterocycles. The minimum absolute atomic E-state index is 0.260. The van der Waals surface area contributed by atoms with Crippen LogP contribution in [0.3, 0.4) is 0 Å². The second kappa shape index (κ2) is 4.30. The fourth-order valence-corrected chi connectivity index (χ4v) is 2.25. The van der Waals surface area contributed by atoms with Gasteiger partial charge in [0.25, 0.3) is 0 Å². The summed E-state index contributed by atoms with van der Waals surface area (Å²) in [5.74, 6) is 1.34. The van der Waals surface area contributed by atoms with Crippen LogP contribution in [0.15, 0.2) is 24.3 Å². The summed E-state index contributed by atoms with van der Waals surface area (Å²) in [6.07, 6.45) is 3.24. The van der Waals surface area contributed by atoms with Crippen molar-refractivity contribution >= 4 is 16.7 Å². The number of rotatable bonds is 2.